The summed E-state index contributed by atoms with van der Waals surface area (Å²) in [7, 11) is 0. The van der Waals surface area contributed by atoms with Crippen molar-refractivity contribution in [3.05, 3.63) is 65.2 Å². The van der Waals surface area contributed by atoms with E-state index in [4.69, 9.17) is 33.9 Å². The van der Waals surface area contributed by atoms with Gasteiger partial charge in [0, 0.05) is 36.4 Å². The second-order valence-electron chi connectivity index (χ2n) is 9.90. The summed E-state index contributed by atoms with van der Waals surface area (Å²) >= 11 is 0. The Bertz CT molecular complexity index is 1420. The highest BCUT2D eigenvalue weighted by atomic mass is 16.9. The Morgan fingerprint density at radius 3 is 1.74 bits per heavy atom. The van der Waals surface area contributed by atoms with Crippen molar-refractivity contribution in [1.82, 2.24) is 19.1 Å². The molecule has 0 aromatic carbocycles. The fourth-order valence-electron chi connectivity index (χ4n) is 4.46. The minimum Gasteiger partial charge on any atom is -0.394 e. The molecule has 3 aliphatic heterocycles. The van der Waals surface area contributed by atoms with Gasteiger partial charge in [-0.15, -0.1) is 0 Å². The summed E-state index contributed by atoms with van der Waals surface area (Å²) in [5.74, 6) is 0. The van der Waals surface area contributed by atoms with Crippen molar-refractivity contribution in [2.75, 3.05) is 26.4 Å². The van der Waals surface area contributed by atoms with E-state index in [-0.39, 0.29) is 39.3 Å². The van der Waals surface area contributed by atoms with Crippen LogP contribution in [-0.2, 0) is 23.7 Å². The molecular formula is C26H40N4O13. The average Bonchev–Trinajstić information content (AvgIpc) is 3.71. The van der Waals surface area contributed by atoms with E-state index in [1.54, 1.807) is 13.8 Å². The first kappa shape index (κ1) is 34.5. The topological polar surface area (TPSA) is 237 Å². The molecule has 17 heteroatoms. The van der Waals surface area contributed by atoms with Crippen LogP contribution in [-0.4, -0.2) is 103 Å². The smallest absolute Gasteiger partial charge is 0.330 e. The van der Waals surface area contributed by atoms with Gasteiger partial charge in [-0.2, -0.15) is 0 Å². The molecule has 2 aromatic rings. The van der Waals surface area contributed by atoms with Gasteiger partial charge in [0.25, 0.3) is 17.6 Å². The molecule has 0 saturated carbocycles. The minimum atomic E-state index is -0.921. The molecule has 43 heavy (non-hydrogen) atoms. The lowest BCUT2D eigenvalue weighted by atomic mass is 10.2. The molecule has 3 fully saturated rings. The Morgan fingerprint density at radius 1 is 0.814 bits per heavy atom. The number of H-pyrrole nitrogens is 2. The molecule has 0 amide bonds. The van der Waals surface area contributed by atoms with E-state index in [0.717, 1.165) is 0 Å². The van der Waals surface area contributed by atoms with E-state index < -0.39 is 71.9 Å². The number of nitrogens with one attached hydrogen (secondary N) is 2. The summed E-state index contributed by atoms with van der Waals surface area (Å²) in [4.78, 5) is 50.4. The minimum absolute atomic E-state index is 0.00241. The van der Waals surface area contributed by atoms with Gasteiger partial charge >= 0.3 is 11.4 Å². The summed E-state index contributed by atoms with van der Waals surface area (Å²) in [6.45, 7) is 5.97. The molecule has 0 bridgehead atoms. The molecule has 0 radical (unpaired) electrons. The molecule has 17 nitrogen and oxygen atoms in total. The first-order chi connectivity index (χ1) is 20.5. The number of ether oxygens (including phenoxy) is 5. The van der Waals surface area contributed by atoms with Crippen LogP contribution in [0.5, 0.6) is 0 Å². The van der Waals surface area contributed by atoms with Crippen molar-refractivity contribution in [3.63, 3.8) is 0 Å². The van der Waals surface area contributed by atoms with Gasteiger partial charge < -0.3 is 44.1 Å². The van der Waals surface area contributed by atoms with E-state index in [0.29, 0.717) is 11.1 Å². The summed E-state index contributed by atoms with van der Waals surface area (Å²) in [5, 5.41) is 37.5. The molecule has 8 atom stereocenters. The fourth-order valence-corrected chi connectivity index (χ4v) is 4.46. The highest BCUT2D eigenvalue weighted by Crippen LogP contribution is 2.29. The van der Waals surface area contributed by atoms with Gasteiger partial charge in [0.2, 0.25) is 0 Å². The number of nitrogens with zero attached hydrogens (tertiary/aromatic N) is 2. The highest BCUT2D eigenvalue weighted by molar-refractivity contribution is 5.03. The Morgan fingerprint density at radius 2 is 1.30 bits per heavy atom. The fraction of sp³-hybridized carbons (Fsp3) is 0.692. The second kappa shape index (κ2) is 15.6. The predicted octanol–water partition coefficient (Wildman–Crippen LogP) is -2.29. The summed E-state index contributed by atoms with van der Waals surface area (Å²) in [5.41, 5.74) is -1.33. The average molecular weight is 617 g/mol. The van der Waals surface area contributed by atoms with Crippen molar-refractivity contribution in [2.24, 2.45) is 0 Å². The van der Waals surface area contributed by atoms with Crippen LogP contribution in [0.15, 0.2) is 31.6 Å². The molecule has 6 N–H and O–H groups in total. The van der Waals surface area contributed by atoms with Crippen molar-refractivity contribution in [1.29, 1.82) is 0 Å². The summed E-state index contributed by atoms with van der Waals surface area (Å²) < 4.78 is 29.2. The van der Waals surface area contributed by atoms with Crippen LogP contribution in [0.2, 0.25) is 0 Å². The Balaban J connectivity index is 0.000000235. The van der Waals surface area contributed by atoms with Gasteiger partial charge in [0.15, 0.2) is 0 Å². The van der Waals surface area contributed by atoms with E-state index >= 15 is 0 Å². The van der Waals surface area contributed by atoms with Gasteiger partial charge in [-0.05, 0) is 13.8 Å². The van der Waals surface area contributed by atoms with Gasteiger partial charge in [0.1, 0.15) is 30.8 Å². The maximum Gasteiger partial charge on any atom is 0.330 e. The molecule has 5 rings (SSSR count). The maximum atomic E-state index is 11.9. The first-order valence-electron chi connectivity index (χ1n) is 13.9. The molecule has 242 valence electrons. The van der Waals surface area contributed by atoms with E-state index in [9.17, 15) is 29.4 Å². The molecule has 0 spiro atoms. The molecule has 0 aliphatic carbocycles. The quantitative estimate of drug-likeness (QED) is 0.192. The number of aliphatic hydroxyl groups excluding tert-OH is 4. The third kappa shape index (κ3) is 8.55. The van der Waals surface area contributed by atoms with Crippen LogP contribution in [0.4, 0.5) is 0 Å². The lowest BCUT2D eigenvalue weighted by molar-refractivity contribution is -0.252. The van der Waals surface area contributed by atoms with E-state index in [2.05, 4.69) is 9.97 Å². The zero-order valence-corrected chi connectivity index (χ0v) is 24.4. The predicted molar refractivity (Wildman–Crippen MR) is 147 cm³/mol. The Kier molecular flexibility index (Phi) is 12.5. The lowest BCUT2D eigenvalue weighted by Gasteiger charge is -2.18. The molecule has 3 aliphatic rings. The first-order valence-corrected chi connectivity index (χ1v) is 13.9. The van der Waals surface area contributed by atoms with Crippen LogP contribution >= 0.6 is 0 Å². The Hall–Kier alpha value is -3.00. The standard InChI is InChI=1S/C14H20N2O8.C10H14N2O5.C2H6/c1-7-3-16(13(20)15-12(7)19)11-2-9(18)10(24-11)6-22-14-21-5-8(4-17)23-14;1-5-3-12(10(16)11-9(5)15)8-2-6(14)7(4-13)17-8;1-2/h3,8-11,14,17-18H,2,4-6H2,1H3,(H,15,19,20);3,6-8,13-14H,2,4H2,1H3,(H,11,15,16);1-2H3/t8?,9-,10-,11-,14?;6-,7-,8-;/m11./s1. The zero-order valence-electron chi connectivity index (χ0n) is 24.4. The SMILES string of the molecule is CC.Cc1cn([C@H]2C[C@@H](O)[C@@H](CO)O2)c(=O)[nH]c1=O.Cc1cn([C@H]2C[C@@H](O)[C@@H](COC3OCC(CO)O3)O2)c(=O)[nH]c1=O. The normalized spacial score (nSPS) is 30.0. The highest BCUT2D eigenvalue weighted by Gasteiger charge is 2.37. The summed E-state index contributed by atoms with van der Waals surface area (Å²) in [6.07, 6.45) is -1.64. The number of rotatable bonds is 7. The van der Waals surface area contributed by atoms with E-state index in [1.165, 1.54) is 21.5 Å². The van der Waals surface area contributed by atoms with Crippen LogP contribution in [0.1, 0.15) is 50.3 Å². The van der Waals surface area contributed by atoms with Crippen molar-refractivity contribution >= 4 is 0 Å². The number of hydrogen-bond donors (Lipinski definition) is 6. The van der Waals surface area contributed by atoms with E-state index in [1.807, 2.05) is 13.8 Å². The van der Waals surface area contributed by atoms with Crippen LogP contribution in [0, 0.1) is 13.8 Å². The maximum absolute atomic E-state index is 11.9. The number of aliphatic hydroxyl groups is 4. The molecule has 2 unspecified atom stereocenters. The molecule has 2 aromatic heterocycles. The van der Waals surface area contributed by atoms with Gasteiger partial charge in [-0.3, -0.25) is 28.7 Å². The van der Waals surface area contributed by atoms with Gasteiger partial charge in [-0.25, -0.2) is 9.59 Å². The number of hydrogen-bond acceptors (Lipinski definition) is 13. The molecule has 5 heterocycles. The van der Waals surface area contributed by atoms with Crippen LogP contribution in [0.3, 0.4) is 0 Å². The molecule has 3 saturated heterocycles. The number of aromatic nitrogens is 4. The van der Waals surface area contributed by atoms with Crippen molar-refractivity contribution in [2.45, 2.75) is 90.0 Å². The van der Waals surface area contributed by atoms with Crippen LogP contribution < -0.4 is 22.5 Å². The summed E-state index contributed by atoms with van der Waals surface area (Å²) in [6, 6.07) is 0. The van der Waals surface area contributed by atoms with Crippen LogP contribution in [0.25, 0.3) is 0 Å². The van der Waals surface area contributed by atoms with Crippen molar-refractivity contribution in [3.8, 4) is 0 Å². The molecular weight excluding hydrogens is 576 g/mol. The second-order valence-corrected chi connectivity index (χ2v) is 9.90. The number of aromatic amines is 2. The monoisotopic (exact) mass is 616 g/mol. The zero-order chi connectivity index (χ0) is 31.8. The third-order valence-electron chi connectivity index (χ3n) is 6.82. The van der Waals surface area contributed by atoms with Gasteiger partial charge in [0.05, 0.1) is 38.6 Å². The Labute approximate surface area is 245 Å². The van der Waals surface area contributed by atoms with Gasteiger partial charge in [-0.1, -0.05) is 13.8 Å². The lowest BCUT2D eigenvalue weighted by Crippen LogP contribution is -2.33. The number of aryl methyl sites for hydroxylation is 2. The van der Waals surface area contributed by atoms with Crippen molar-refractivity contribution < 1.29 is 44.1 Å². The largest absolute Gasteiger partial charge is 0.394 e. The third-order valence-corrected chi connectivity index (χ3v) is 6.82.